The predicted molar refractivity (Wildman–Crippen MR) is 73.5 cm³/mol. The Labute approximate surface area is 121 Å². The molecule has 0 saturated heterocycles. The van der Waals surface area contributed by atoms with Gasteiger partial charge in [0.15, 0.2) is 0 Å². The van der Waals surface area contributed by atoms with Crippen molar-refractivity contribution < 1.29 is 13.6 Å². The van der Waals surface area contributed by atoms with E-state index in [9.17, 15) is 13.6 Å². The molecule has 0 bridgehead atoms. The summed E-state index contributed by atoms with van der Waals surface area (Å²) in [5, 5.41) is 2.64. The number of nitrogens with one attached hydrogen (secondary N) is 1. The summed E-state index contributed by atoms with van der Waals surface area (Å²) in [6.45, 7) is 0. The molecule has 0 fully saturated rings. The third kappa shape index (κ3) is 3.11. The predicted octanol–water partition coefficient (Wildman–Crippen LogP) is 4.63. The number of carbonyl (C=O) groups is 1. The van der Waals surface area contributed by atoms with Crippen LogP contribution in [-0.4, -0.2) is 5.91 Å². The minimum Gasteiger partial charge on any atom is -0.317 e. The van der Waals surface area contributed by atoms with Crippen molar-refractivity contribution in [2.45, 2.75) is 0 Å². The number of halogens is 4. The molecule has 0 heterocycles. The fourth-order valence-corrected chi connectivity index (χ4v) is 2.33. The minimum atomic E-state index is -0.835. The summed E-state index contributed by atoms with van der Waals surface area (Å²) in [6, 6.07) is 7.84. The Morgan fingerprint density at radius 2 is 1.79 bits per heavy atom. The van der Waals surface area contributed by atoms with E-state index >= 15 is 0 Å². The van der Waals surface area contributed by atoms with Gasteiger partial charge in [0, 0.05) is 9.50 Å². The Morgan fingerprint density at radius 1 is 1.16 bits per heavy atom. The van der Waals surface area contributed by atoms with Gasteiger partial charge in [-0.2, -0.15) is 0 Å². The number of amides is 1. The lowest BCUT2D eigenvalue weighted by molar-refractivity contribution is 0.102. The van der Waals surface area contributed by atoms with Crippen LogP contribution in [0.2, 0.25) is 5.02 Å². The van der Waals surface area contributed by atoms with Crippen molar-refractivity contribution in [3.8, 4) is 0 Å². The molecule has 0 aromatic heterocycles. The van der Waals surface area contributed by atoms with Crippen molar-refractivity contribution in [2.75, 3.05) is 5.32 Å². The Bertz CT molecular complexity index is 628. The van der Waals surface area contributed by atoms with Gasteiger partial charge in [-0.15, -0.1) is 0 Å². The lowest BCUT2D eigenvalue weighted by Gasteiger charge is -2.08. The third-order valence-electron chi connectivity index (χ3n) is 2.38. The Hall–Kier alpha value is -1.46. The van der Waals surface area contributed by atoms with E-state index in [2.05, 4.69) is 21.2 Å². The Kier molecular flexibility index (Phi) is 4.17. The van der Waals surface area contributed by atoms with E-state index in [1.54, 1.807) is 0 Å². The summed E-state index contributed by atoms with van der Waals surface area (Å²) in [4.78, 5) is 11.9. The molecule has 2 rings (SSSR count). The second-order valence-electron chi connectivity index (χ2n) is 3.67. The van der Waals surface area contributed by atoms with Gasteiger partial charge in [-0.3, -0.25) is 4.79 Å². The summed E-state index contributed by atoms with van der Waals surface area (Å²) in [7, 11) is 0. The molecule has 0 aliphatic rings. The maximum absolute atomic E-state index is 13.4. The van der Waals surface area contributed by atoms with Crippen molar-refractivity contribution in [2.24, 2.45) is 0 Å². The zero-order valence-electron chi connectivity index (χ0n) is 9.38. The third-order valence-corrected chi connectivity index (χ3v) is 3.27. The van der Waals surface area contributed by atoms with E-state index < -0.39 is 23.2 Å². The van der Waals surface area contributed by atoms with Crippen LogP contribution < -0.4 is 5.32 Å². The largest absolute Gasteiger partial charge is 0.317 e. The van der Waals surface area contributed by atoms with Gasteiger partial charge in [-0.25, -0.2) is 8.78 Å². The van der Waals surface area contributed by atoms with Gasteiger partial charge >= 0.3 is 0 Å². The van der Waals surface area contributed by atoms with Crippen LogP contribution in [-0.2, 0) is 0 Å². The van der Waals surface area contributed by atoms with Gasteiger partial charge in [0.1, 0.15) is 17.3 Å². The molecule has 0 atom stereocenters. The van der Waals surface area contributed by atoms with Crippen molar-refractivity contribution in [3.05, 3.63) is 63.1 Å². The van der Waals surface area contributed by atoms with Crippen LogP contribution in [0.25, 0.3) is 0 Å². The molecule has 2 nitrogen and oxygen atoms in total. The molecule has 0 radical (unpaired) electrons. The van der Waals surface area contributed by atoms with Crippen LogP contribution in [0.3, 0.4) is 0 Å². The highest BCUT2D eigenvalue weighted by Gasteiger charge is 2.15. The fraction of sp³-hybridized carbons (Fsp3) is 0. The fourth-order valence-electron chi connectivity index (χ4n) is 1.47. The molecule has 19 heavy (non-hydrogen) atoms. The van der Waals surface area contributed by atoms with E-state index in [1.165, 1.54) is 24.3 Å². The van der Waals surface area contributed by atoms with Crippen LogP contribution >= 0.6 is 27.5 Å². The number of anilines is 1. The maximum atomic E-state index is 13.4. The zero-order valence-corrected chi connectivity index (χ0v) is 11.7. The van der Waals surface area contributed by atoms with Gasteiger partial charge in [0.2, 0.25) is 0 Å². The van der Waals surface area contributed by atoms with Crippen molar-refractivity contribution in [1.29, 1.82) is 0 Å². The Balaban J connectivity index is 2.31. The van der Waals surface area contributed by atoms with E-state index in [-0.39, 0.29) is 5.56 Å². The molecule has 0 aliphatic heterocycles. The number of rotatable bonds is 2. The molecule has 0 spiro atoms. The van der Waals surface area contributed by atoms with Crippen LogP contribution in [0.1, 0.15) is 10.4 Å². The summed E-state index contributed by atoms with van der Waals surface area (Å²) < 4.78 is 27.2. The first-order chi connectivity index (χ1) is 8.99. The molecule has 2 aromatic rings. The number of hydrogen-bond donors (Lipinski definition) is 1. The van der Waals surface area contributed by atoms with E-state index in [1.807, 2.05) is 0 Å². The summed E-state index contributed by atoms with van der Waals surface area (Å²) in [5.74, 6) is -2.30. The normalized spacial score (nSPS) is 10.3. The quantitative estimate of drug-likeness (QED) is 0.844. The Morgan fingerprint density at radius 3 is 2.37 bits per heavy atom. The first-order valence-corrected chi connectivity index (χ1v) is 6.36. The smallest absolute Gasteiger partial charge is 0.256 e. The first kappa shape index (κ1) is 14.0. The summed E-state index contributed by atoms with van der Waals surface area (Å²) in [5.41, 5.74) is -0.249. The number of hydrogen-bond acceptors (Lipinski definition) is 1. The standard InChI is InChI=1S/C13H7BrClF2NO/c14-9-6-7(15)4-5-8(9)13(19)18-12-10(16)2-1-3-11(12)17/h1-6H,(H,18,19). The molecule has 2 aromatic carbocycles. The van der Waals surface area contributed by atoms with Crippen LogP contribution in [0.4, 0.5) is 14.5 Å². The molecule has 6 heteroatoms. The molecule has 1 N–H and O–H groups in total. The van der Waals surface area contributed by atoms with Gasteiger partial charge in [0.05, 0.1) is 5.56 Å². The zero-order chi connectivity index (χ0) is 14.0. The molecular formula is C13H7BrClF2NO. The molecule has 98 valence electrons. The first-order valence-electron chi connectivity index (χ1n) is 5.19. The van der Waals surface area contributed by atoms with Gasteiger partial charge in [0.25, 0.3) is 5.91 Å². The molecule has 1 amide bonds. The second-order valence-corrected chi connectivity index (χ2v) is 4.97. The molecule has 0 unspecified atom stereocenters. The average molecular weight is 347 g/mol. The van der Waals surface area contributed by atoms with E-state index in [4.69, 9.17) is 11.6 Å². The highest BCUT2D eigenvalue weighted by atomic mass is 79.9. The van der Waals surface area contributed by atoms with E-state index in [0.717, 1.165) is 12.1 Å². The van der Waals surface area contributed by atoms with Gasteiger partial charge in [-0.05, 0) is 46.3 Å². The number of para-hydroxylation sites is 1. The molecular weight excluding hydrogens is 340 g/mol. The highest BCUT2D eigenvalue weighted by Crippen LogP contribution is 2.24. The van der Waals surface area contributed by atoms with Gasteiger partial charge < -0.3 is 5.32 Å². The second kappa shape index (κ2) is 5.67. The summed E-state index contributed by atoms with van der Waals surface area (Å²) >= 11 is 8.92. The average Bonchev–Trinajstić information content (AvgIpc) is 2.33. The van der Waals surface area contributed by atoms with Crippen LogP contribution in [0.15, 0.2) is 40.9 Å². The number of benzene rings is 2. The monoisotopic (exact) mass is 345 g/mol. The molecule has 0 aliphatic carbocycles. The molecule has 0 saturated carbocycles. The van der Waals surface area contributed by atoms with E-state index in [0.29, 0.717) is 9.50 Å². The lowest BCUT2D eigenvalue weighted by atomic mass is 10.2. The van der Waals surface area contributed by atoms with Crippen molar-refractivity contribution >= 4 is 39.1 Å². The SMILES string of the molecule is O=C(Nc1c(F)cccc1F)c1ccc(Cl)cc1Br. The number of carbonyl (C=O) groups excluding carboxylic acids is 1. The van der Waals surface area contributed by atoms with Crippen molar-refractivity contribution in [3.63, 3.8) is 0 Å². The highest BCUT2D eigenvalue weighted by molar-refractivity contribution is 9.10. The van der Waals surface area contributed by atoms with Crippen LogP contribution in [0.5, 0.6) is 0 Å². The maximum Gasteiger partial charge on any atom is 0.256 e. The van der Waals surface area contributed by atoms with Crippen molar-refractivity contribution in [1.82, 2.24) is 0 Å². The van der Waals surface area contributed by atoms with Crippen LogP contribution in [0, 0.1) is 11.6 Å². The van der Waals surface area contributed by atoms with Gasteiger partial charge in [-0.1, -0.05) is 17.7 Å². The summed E-state index contributed by atoms with van der Waals surface area (Å²) in [6.07, 6.45) is 0. The minimum absolute atomic E-state index is 0.229. The lowest BCUT2D eigenvalue weighted by Crippen LogP contribution is -2.14. The topological polar surface area (TPSA) is 29.1 Å².